The van der Waals surface area contributed by atoms with Gasteiger partial charge in [0.05, 0.1) is 12.5 Å². The number of hydrogen-bond donors (Lipinski definition) is 1. The summed E-state index contributed by atoms with van der Waals surface area (Å²) in [5.74, 6) is -0.806. The van der Waals surface area contributed by atoms with Crippen molar-refractivity contribution in [2.75, 3.05) is 20.1 Å². The van der Waals surface area contributed by atoms with E-state index in [4.69, 9.17) is 5.11 Å². The van der Waals surface area contributed by atoms with Crippen molar-refractivity contribution in [2.45, 2.75) is 12.5 Å². The van der Waals surface area contributed by atoms with Crippen molar-refractivity contribution in [1.29, 1.82) is 0 Å². The highest BCUT2D eigenvalue weighted by atomic mass is 16.4. The van der Waals surface area contributed by atoms with Crippen LogP contribution in [-0.4, -0.2) is 45.9 Å². The van der Waals surface area contributed by atoms with Crippen molar-refractivity contribution >= 4 is 5.97 Å². The third-order valence-corrected chi connectivity index (χ3v) is 2.48. The molecule has 0 saturated carbocycles. The van der Waals surface area contributed by atoms with E-state index in [1.807, 2.05) is 11.7 Å². The normalized spacial score (nSPS) is 18.1. The quantitative estimate of drug-likeness (QED) is 0.737. The maximum Gasteiger partial charge on any atom is 0.309 e. The molecule has 5 nitrogen and oxygen atoms in total. The predicted molar refractivity (Wildman–Crippen MR) is 50.1 cm³/mol. The summed E-state index contributed by atoms with van der Waals surface area (Å²) >= 11 is 0. The lowest BCUT2D eigenvalue weighted by Crippen LogP contribution is -2.45. The molecule has 14 heavy (non-hydrogen) atoms. The largest absolute Gasteiger partial charge is 0.481 e. The van der Waals surface area contributed by atoms with Gasteiger partial charge in [-0.2, -0.15) is 5.10 Å². The number of hydrogen-bond acceptors (Lipinski definition) is 3. The van der Waals surface area contributed by atoms with E-state index in [0.717, 1.165) is 18.8 Å². The lowest BCUT2D eigenvalue weighted by Gasteiger charge is -2.36. The van der Waals surface area contributed by atoms with E-state index in [1.54, 1.807) is 12.3 Å². The number of aromatic nitrogens is 2. The molecule has 0 aromatic carbocycles. The Morgan fingerprint density at radius 3 is 3.00 bits per heavy atom. The molecule has 1 N–H and O–H groups in total. The first-order chi connectivity index (χ1) is 6.66. The van der Waals surface area contributed by atoms with E-state index in [9.17, 15) is 4.79 Å². The molecular formula is C9H13N3O2. The Bertz CT molecular complexity index is 342. The number of nitrogens with zero attached hydrogens (tertiary/aromatic N) is 3. The minimum absolute atomic E-state index is 0.0558. The molecule has 0 aliphatic carbocycles. The van der Waals surface area contributed by atoms with Gasteiger partial charge in [0.2, 0.25) is 0 Å². The lowest BCUT2D eigenvalue weighted by molar-refractivity contribution is -0.136. The number of likely N-dealkylation sites (tertiary alicyclic amines) is 1. The van der Waals surface area contributed by atoms with Crippen LogP contribution in [0.5, 0.6) is 0 Å². The van der Waals surface area contributed by atoms with E-state index in [1.165, 1.54) is 0 Å². The number of likely N-dealkylation sites (N-methyl/N-ethyl adjacent to an activating group) is 1. The maximum absolute atomic E-state index is 10.6. The number of carboxylic acids is 1. The summed E-state index contributed by atoms with van der Waals surface area (Å²) < 4.78 is 1.83. The third-order valence-electron chi connectivity index (χ3n) is 2.48. The van der Waals surface area contributed by atoms with Crippen LogP contribution in [0.3, 0.4) is 0 Å². The highest BCUT2D eigenvalue weighted by Crippen LogP contribution is 2.20. The van der Waals surface area contributed by atoms with E-state index < -0.39 is 5.97 Å². The number of carboxylic acid groups (broad SMARTS) is 1. The number of rotatable bonds is 3. The first-order valence-corrected chi connectivity index (χ1v) is 4.59. The van der Waals surface area contributed by atoms with Crippen LogP contribution in [-0.2, 0) is 11.2 Å². The standard InChI is InChI=1S/C9H13N3O2/c1-11-5-8(6-11)12-7(2-3-10-12)4-9(13)14/h2-3,8H,4-6H2,1H3,(H,13,14). The van der Waals surface area contributed by atoms with Crippen LogP contribution in [0.25, 0.3) is 0 Å². The van der Waals surface area contributed by atoms with Gasteiger partial charge < -0.3 is 10.0 Å². The summed E-state index contributed by atoms with van der Waals surface area (Å²) in [6, 6.07) is 2.12. The van der Waals surface area contributed by atoms with Gasteiger partial charge in [0.1, 0.15) is 0 Å². The Hall–Kier alpha value is -1.36. The fourth-order valence-corrected chi connectivity index (χ4v) is 1.79. The highest BCUT2D eigenvalue weighted by Gasteiger charge is 2.27. The second kappa shape index (κ2) is 3.42. The van der Waals surface area contributed by atoms with Crippen molar-refractivity contribution in [3.63, 3.8) is 0 Å². The molecule has 1 fully saturated rings. The van der Waals surface area contributed by atoms with E-state index in [-0.39, 0.29) is 6.42 Å². The minimum atomic E-state index is -0.806. The summed E-state index contributed by atoms with van der Waals surface area (Å²) in [5, 5.41) is 12.8. The van der Waals surface area contributed by atoms with Crippen molar-refractivity contribution in [1.82, 2.24) is 14.7 Å². The molecule has 0 amide bonds. The van der Waals surface area contributed by atoms with Gasteiger partial charge in [-0.15, -0.1) is 0 Å². The summed E-state index contributed by atoms with van der Waals surface area (Å²) in [5.41, 5.74) is 0.788. The first kappa shape index (κ1) is 9.21. The zero-order valence-electron chi connectivity index (χ0n) is 8.05. The fraction of sp³-hybridized carbons (Fsp3) is 0.556. The SMILES string of the molecule is CN1CC(n2nccc2CC(=O)O)C1. The molecule has 1 aromatic rings. The highest BCUT2D eigenvalue weighted by molar-refractivity contribution is 5.69. The van der Waals surface area contributed by atoms with Gasteiger partial charge >= 0.3 is 5.97 Å². The topological polar surface area (TPSA) is 58.4 Å². The second-order valence-electron chi connectivity index (χ2n) is 3.71. The monoisotopic (exact) mass is 195 g/mol. The van der Waals surface area contributed by atoms with Gasteiger partial charge in [0.25, 0.3) is 0 Å². The Morgan fingerprint density at radius 2 is 2.43 bits per heavy atom. The number of carbonyl (C=O) groups is 1. The molecule has 1 saturated heterocycles. The molecule has 5 heteroatoms. The van der Waals surface area contributed by atoms with Crippen LogP contribution in [0.1, 0.15) is 11.7 Å². The molecule has 76 valence electrons. The second-order valence-corrected chi connectivity index (χ2v) is 3.71. The summed E-state index contributed by atoms with van der Waals surface area (Å²) in [4.78, 5) is 12.7. The molecule has 2 rings (SSSR count). The lowest BCUT2D eigenvalue weighted by atomic mass is 10.1. The Labute approximate surface area is 81.9 Å². The third kappa shape index (κ3) is 1.63. The van der Waals surface area contributed by atoms with Crippen molar-refractivity contribution in [2.24, 2.45) is 0 Å². The van der Waals surface area contributed by atoms with Crippen LogP contribution in [0.4, 0.5) is 0 Å². The molecule has 1 aromatic heterocycles. The van der Waals surface area contributed by atoms with Crippen LogP contribution in [0.2, 0.25) is 0 Å². The average Bonchev–Trinajstić information content (AvgIpc) is 2.45. The van der Waals surface area contributed by atoms with Gasteiger partial charge in [-0.25, -0.2) is 0 Å². The molecule has 0 atom stereocenters. The molecular weight excluding hydrogens is 182 g/mol. The van der Waals surface area contributed by atoms with Gasteiger partial charge in [-0.05, 0) is 13.1 Å². The predicted octanol–water partition coefficient (Wildman–Crippen LogP) is -0.00330. The van der Waals surface area contributed by atoms with Gasteiger partial charge in [-0.1, -0.05) is 0 Å². The van der Waals surface area contributed by atoms with Gasteiger partial charge in [0.15, 0.2) is 0 Å². The smallest absolute Gasteiger partial charge is 0.309 e. The Kier molecular flexibility index (Phi) is 2.25. The summed E-state index contributed by atoms with van der Waals surface area (Å²) in [6.07, 6.45) is 1.72. The van der Waals surface area contributed by atoms with E-state index >= 15 is 0 Å². The fourth-order valence-electron chi connectivity index (χ4n) is 1.79. The van der Waals surface area contributed by atoms with E-state index in [0.29, 0.717) is 6.04 Å². The van der Waals surface area contributed by atoms with Gasteiger partial charge in [-0.3, -0.25) is 9.48 Å². The number of aliphatic carboxylic acids is 1. The van der Waals surface area contributed by atoms with E-state index in [2.05, 4.69) is 10.00 Å². The van der Waals surface area contributed by atoms with Gasteiger partial charge in [0, 0.05) is 25.0 Å². The Balaban J connectivity index is 2.10. The van der Waals surface area contributed by atoms with Crippen LogP contribution in [0.15, 0.2) is 12.3 Å². The average molecular weight is 195 g/mol. The maximum atomic E-state index is 10.6. The zero-order chi connectivity index (χ0) is 10.1. The first-order valence-electron chi connectivity index (χ1n) is 4.59. The molecule has 0 spiro atoms. The minimum Gasteiger partial charge on any atom is -0.481 e. The molecule has 0 bridgehead atoms. The van der Waals surface area contributed by atoms with Crippen molar-refractivity contribution < 1.29 is 9.90 Å². The summed E-state index contributed by atoms with van der Waals surface area (Å²) in [7, 11) is 2.04. The van der Waals surface area contributed by atoms with Crippen LogP contribution in [0, 0.1) is 0 Å². The Morgan fingerprint density at radius 1 is 1.71 bits per heavy atom. The van der Waals surface area contributed by atoms with Crippen LogP contribution >= 0.6 is 0 Å². The molecule has 2 heterocycles. The van der Waals surface area contributed by atoms with Crippen molar-refractivity contribution in [3.05, 3.63) is 18.0 Å². The zero-order valence-corrected chi connectivity index (χ0v) is 8.05. The molecule has 1 aliphatic heterocycles. The van der Waals surface area contributed by atoms with Crippen molar-refractivity contribution in [3.8, 4) is 0 Å². The molecule has 0 radical (unpaired) electrons. The molecule has 0 unspecified atom stereocenters. The summed E-state index contributed by atoms with van der Waals surface area (Å²) in [6.45, 7) is 1.91. The van der Waals surface area contributed by atoms with Crippen LogP contribution < -0.4 is 0 Å². The molecule has 1 aliphatic rings.